The number of rotatable bonds is 5. The lowest BCUT2D eigenvalue weighted by molar-refractivity contribution is 0.168. The molecule has 1 amide bonds. The molecule has 2 N–H and O–H groups in total. The highest BCUT2D eigenvalue weighted by Crippen LogP contribution is 2.23. The quantitative estimate of drug-likeness (QED) is 0.646. The summed E-state index contributed by atoms with van der Waals surface area (Å²) >= 11 is 5.59. The Morgan fingerprint density at radius 2 is 2.22 bits per heavy atom. The second-order valence-corrected chi connectivity index (χ2v) is 5.37. The number of anilines is 1. The van der Waals surface area contributed by atoms with Crippen molar-refractivity contribution in [2.75, 3.05) is 17.8 Å². The van der Waals surface area contributed by atoms with Crippen molar-refractivity contribution in [2.45, 2.75) is 26.4 Å². The second-order valence-electron chi connectivity index (χ2n) is 5.06. The van der Waals surface area contributed by atoms with Crippen molar-refractivity contribution < 1.29 is 19.1 Å². The number of hydrogen-bond acceptors (Lipinski definition) is 5. The van der Waals surface area contributed by atoms with Crippen molar-refractivity contribution >= 4 is 34.4 Å². The summed E-state index contributed by atoms with van der Waals surface area (Å²) in [5, 5.41) is 12.9. The van der Waals surface area contributed by atoms with Crippen LogP contribution in [-0.4, -0.2) is 29.8 Å². The number of fused-ring (bicyclic) bond motifs is 1. The summed E-state index contributed by atoms with van der Waals surface area (Å²) in [5.41, 5.74) is 1.42. The van der Waals surface area contributed by atoms with Crippen molar-refractivity contribution in [2.24, 2.45) is 0 Å². The van der Waals surface area contributed by atoms with Crippen LogP contribution in [0.15, 0.2) is 27.4 Å². The summed E-state index contributed by atoms with van der Waals surface area (Å²) in [6.45, 7) is 3.76. The number of aliphatic hydroxyl groups excluding tert-OH is 1. The summed E-state index contributed by atoms with van der Waals surface area (Å²) in [6, 6.07) is 4.99. The molecule has 0 saturated carbocycles. The van der Waals surface area contributed by atoms with Gasteiger partial charge in [-0.1, -0.05) is 0 Å². The van der Waals surface area contributed by atoms with E-state index in [0.29, 0.717) is 16.8 Å². The maximum Gasteiger partial charge on any atom is 0.411 e. The number of carbonyl (C=O) groups is 1. The smallest absolute Gasteiger partial charge is 0.411 e. The molecule has 23 heavy (non-hydrogen) atoms. The first-order valence-electron chi connectivity index (χ1n) is 7.20. The zero-order valence-electron chi connectivity index (χ0n) is 12.9. The molecule has 124 valence electrons. The Labute approximate surface area is 138 Å². The molecule has 1 aromatic carbocycles. The number of amides is 1. The Bertz CT molecular complexity index is 771. The largest absolute Gasteiger partial charge is 0.450 e. The standard InChI is InChI=1S/C16H18ClNO5/c1-3-22-16(21)18-10-4-5-12-9(2)13(7-11(19)8-17)15(20)23-14(12)6-10/h4-6,11,19H,3,7-8H2,1-2H3,(H,18,21). The second kappa shape index (κ2) is 7.48. The molecule has 0 radical (unpaired) electrons. The highest BCUT2D eigenvalue weighted by molar-refractivity contribution is 6.18. The molecule has 0 saturated heterocycles. The highest BCUT2D eigenvalue weighted by Gasteiger charge is 2.15. The van der Waals surface area contributed by atoms with Crippen LogP contribution in [0.4, 0.5) is 10.5 Å². The molecule has 2 aromatic rings. The third kappa shape index (κ3) is 4.03. The SMILES string of the molecule is CCOC(=O)Nc1ccc2c(C)c(CC(O)CCl)c(=O)oc2c1. The number of aliphatic hydroxyl groups is 1. The van der Waals surface area contributed by atoms with Gasteiger partial charge < -0.3 is 14.3 Å². The Morgan fingerprint density at radius 1 is 1.48 bits per heavy atom. The number of aryl methyl sites for hydroxylation is 1. The minimum Gasteiger partial charge on any atom is -0.450 e. The molecule has 1 aromatic heterocycles. The summed E-state index contributed by atoms with van der Waals surface area (Å²) in [5.74, 6) is 0.0410. The summed E-state index contributed by atoms with van der Waals surface area (Å²) < 4.78 is 10.1. The molecule has 1 atom stereocenters. The van der Waals surface area contributed by atoms with Crippen molar-refractivity contribution in [3.63, 3.8) is 0 Å². The Hall–Kier alpha value is -2.05. The molecule has 0 aliphatic carbocycles. The zero-order valence-corrected chi connectivity index (χ0v) is 13.6. The first-order chi connectivity index (χ1) is 11.0. The van der Waals surface area contributed by atoms with E-state index < -0.39 is 17.8 Å². The van der Waals surface area contributed by atoms with Gasteiger partial charge in [-0.05, 0) is 31.5 Å². The van der Waals surface area contributed by atoms with Crippen molar-refractivity contribution in [1.82, 2.24) is 0 Å². The van der Waals surface area contributed by atoms with Crippen LogP contribution in [-0.2, 0) is 11.2 Å². The van der Waals surface area contributed by atoms with E-state index in [1.807, 2.05) is 0 Å². The third-order valence-electron chi connectivity index (χ3n) is 3.43. The summed E-state index contributed by atoms with van der Waals surface area (Å²) in [7, 11) is 0. The maximum atomic E-state index is 12.1. The van der Waals surface area contributed by atoms with Crippen molar-refractivity contribution in [3.05, 3.63) is 39.7 Å². The number of nitrogens with one attached hydrogen (secondary N) is 1. The van der Waals surface area contributed by atoms with E-state index in [1.165, 1.54) is 0 Å². The molecule has 0 spiro atoms. The molecule has 2 rings (SSSR count). The number of hydrogen-bond donors (Lipinski definition) is 2. The topological polar surface area (TPSA) is 88.8 Å². The van der Waals surface area contributed by atoms with E-state index >= 15 is 0 Å². The van der Waals surface area contributed by atoms with Gasteiger partial charge in [-0.3, -0.25) is 5.32 Å². The highest BCUT2D eigenvalue weighted by atomic mass is 35.5. The fraction of sp³-hybridized carbons (Fsp3) is 0.375. The van der Waals surface area contributed by atoms with E-state index in [-0.39, 0.29) is 18.9 Å². The molecule has 0 fully saturated rings. The summed E-state index contributed by atoms with van der Waals surface area (Å²) in [4.78, 5) is 23.5. The predicted octanol–water partition coefficient (Wildman–Crippen LogP) is 2.81. The van der Waals surface area contributed by atoms with Crippen LogP contribution in [0.2, 0.25) is 0 Å². The Balaban J connectivity index is 2.40. The van der Waals surface area contributed by atoms with Crippen LogP contribution in [0.1, 0.15) is 18.1 Å². The predicted molar refractivity (Wildman–Crippen MR) is 88.3 cm³/mol. The first kappa shape index (κ1) is 17.3. The van der Waals surface area contributed by atoms with Gasteiger partial charge in [0.2, 0.25) is 0 Å². The number of ether oxygens (including phenoxy) is 1. The average molecular weight is 340 g/mol. The molecule has 0 aliphatic rings. The van der Waals surface area contributed by atoms with Gasteiger partial charge in [0.25, 0.3) is 0 Å². The van der Waals surface area contributed by atoms with Crippen LogP contribution in [0.25, 0.3) is 11.0 Å². The molecule has 7 heteroatoms. The van der Waals surface area contributed by atoms with Crippen molar-refractivity contribution in [3.8, 4) is 0 Å². The molecule has 1 heterocycles. The molecule has 1 unspecified atom stereocenters. The fourth-order valence-corrected chi connectivity index (χ4v) is 2.39. The molecular formula is C16H18ClNO5. The van der Waals surface area contributed by atoms with Crippen LogP contribution >= 0.6 is 11.6 Å². The zero-order chi connectivity index (χ0) is 17.0. The van der Waals surface area contributed by atoms with Crippen LogP contribution in [0.5, 0.6) is 0 Å². The van der Waals surface area contributed by atoms with Gasteiger partial charge in [0.15, 0.2) is 0 Å². The van der Waals surface area contributed by atoms with Crippen LogP contribution in [0.3, 0.4) is 0 Å². The van der Waals surface area contributed by atoms with Crippen LogP contribution < -0.4 is 10.9 Å². The number of carbonyl (C=O) groups excluding carboxylic acids is 1. The van der Waals surface area contributed by atoms with Gasteiger partial charge in [-0.15, -0.1) is 11.6 Å². The lowest BCUT2D eigenvalue weighted by Gasteiger charge is -2.11. The maximum absolute atomic E-state index is 12.1. The van der Waals surface area contributed by atoms with Crippen LogP contribution in [0, 0.1) is 6.92 Å². The van der Waals surface area contributed by atoms with E-state index in [4.69, 9.17) is 20.8 Å². The van der Waals surface area contributed by atoms with Gasteiger partial charge in [0, 0.05) is 35.0 Å². The Morgan fingerprint density at radius 3 is 2.87 bits per heavy atom. The summed E-state index contributed by atoms with van der Waals surface area (Å²) in [6.07, 6.45) is -1.25. The molecule has 0 aliphatic heterocycles. The Kier molecular flexibility index (Phi) is 5.63. The first-order valence-corrected chi connectivity index (χ1v) is 7.73. The minimum atomic E-state index is -0.805. The van der Waals surface area contributed by atoms with Gasteiger partial charge in [0.05, 0.1) is 12.7 Å². The van der Waals surface area contributed by atoms with E-state index in [9.17, 15) is 14.7 Å². The van der Waals surface area contributed by atoms with E-state index in [0.717, 1.165) is 10.9 Å². The van der Waals surface area contributed by atoms with Crippen molar-refractivity contribution in [1.29, 1.82) is 0 Å². The number of alkyl halides is 1. The molecule has 6 nitrogen and oxygen atoms in total. The monoisotopic (exact) mass is 339 g/mol. The third-order valence-corrected chi connectivity index (χ3v) is 3.78. The lowest BCUT2D eigenvalue weighted by atomic mass is 10.0. The minimum absolute atomic E-state index is 0.0410. The fourth-order valence-electron chi connectivity index (χ4n) is 2.28. The number of halogens is 1. The number of benzene rings is 1. The molecule has 0 bridgehead atoms. The van der Waals surface area contributed by atoms with Gasteiger partial charge >= 0.3 is 11.7 Å². The average Bonchev–Trinajstić information content (AvgIpc) is 2.51. The normalized spacial score (nSPS) is 12.2. The van der Waals surface area contributed by atoms with Gasteiger partial charge in [0.1, 0.15) is 5.58 Å². The van der Waals surface area contributed by atoms with E-state index in [1.54, 1.807) is 32.0 Å². The van der Waals surface area contributed by atoms with Gasteiger partial charge in [-0.25, -0.2) is 9.59 Å². The molecular weight excluding hydrogens is 322 g/mol. The van der Waals surface area contributed by atoms with E-state index in [2.05, 4.69) is 5.32 Å². The lowest BCUT2D eigenvalue weighted by Crippen LogP contribution is -2.20. The van der Waals surface area contributed by atoms with Gasteiger partial charge in [-0.2, -0.15) is 0 Å².